The molecule has 2 aliphatic rings. The Bertz CT molecular complexity index is 637. The molecule has 2 amide bonds. The van der Waals surface area contributed by atoms with Gasteiger partial charge in [-0.3, -0.25) is 9.59 Å². The third-order valence-corrected chi connectivity index (χ3v) is 4.07. The molecule has 1 aromatic rings. The summed E-state index contributed by atoms with van der Waals surface area (Å²) in [6, 6.07) is 4.84. The molecule has 0 radical (unpaired) electrons. The fourth-order valence-electron chi connectivity index (χ4n) is 2.78. The van der Waals surface area contributed by atoms with E-state index in [9.17, 15) is 9.59 Å². The van der Waals surface area contributed by atoms with Crippen LogP contribution < -0.4 is 20.1 Å². The zero-order valence-corrected chi connectivity index (χ0v) is 15.5. The summed E-state index contributed by atoms with van der Waals surface area (Å²) in [4.78, 5) is 26.3. The van der Waals surface area contributed by atoms with Gasteiger partial charge in [0.1, 0.15) is 19.3 Å². The van der Waals surface area contributed by atoms with Gasteiger partial charge in [-0.15, -0.1) is 12.4 Å². The summed E-state index contributed by atoms with van der Waals surface area (Å²) >= 11 is 0. The molecule has 2 heterocycles. The van der Waals surface area contributed by atoms with Crippen LogP contribution in [0.25, 0.3) is 0 Å². The predicted octanol–water partition coefficient (Wildman–Crippen LogP) is 0.655. The predicted molar refractivity (Wildman–Crippen MR) is 98.2 cm³/mol. The third kappa shape index (κ3) is 5.00. The van der Waals surface area contributed by atoms with Crippen LogP contribution in [0.5, 0.6) is 11.5 Å². The summed E-state index contributed by atoms with van der Waals surface area (Å²) < 4.78 is 16.3. The van der Waals surface area contributed by atoms with Gasteiger partial charge in [0.05, 0.1) is 19.8 Å². The molecule has 1 fully saturated rings. The Hall–Kier alpha value is -2.03. The number of halogens is 1. The van der Waals surface area contributed by atoms with Crippen molar-refractivity contribution in [3.63, 3.8) is 0 Å². The van der Waals surface area contributed by atoms with E-state index in [1.165, 1.54) is 4.90 Å². The number of benzene rings is 1. The van der Waals surface area contributed by atoms with Crippen LogP contribution in [-0.4, -0.2) is 68.8 Å². The number of amides is 2. The number of hydrogen-bond acceptors (Lipinski definition) is 6. The van der Waals surface area contributed by atoms with E-state index in [0.717, 1.165) is 0 Å². The Morgan fingerprint density at radius 3 is 2.69 bits per heavy atom. The van der Waals surface area contributed by atoms with Crippen LogP contribution in [0.4, 0.5) is 5.69 Å². The summed E-state index contributed by atoms with van der Waals surface area (Å²) in [5, 5.41) is 5.91. The third-order valence-electron chi connectivity index (χ3n) is 4.07. The highest BCUT2D eigenvalue weighted by Crippen LogP contribution is 2.32. The minimum atomic E-state index is -0.393. The van der Waals surface area contributed by atoms with Crippen molar-refractivity contribution in [2.45, 2.75) is 13.0 Å². The van der Waals surface area contributed by atoms with Crippen LogP contribution in [0.1, 0.15) is 6.92 Å². The zero-order valence-electron chi connectivity index (χ0n) is 14.7. The molecule has 1 saturated heterocycles. The first-order valence-corrected chi connectivity index (χ1v) is 8.47. The molecule has 0 bridgehead atoms. The quantitative estimate of drug-likeness (QED) is 0.773. The van der Waals surface area contributed by atoms with Crippen LogP contribution in [0.15, 0.2) is 18.2 Å². The van der Waals surface area contributed by atoms with Crippen LogP contribution in [0.2, 0.25) is 0 Å². The Morgan fingerprint density at radius 1 is 1.23 bits per heavy atom. The van der Waals surface area contributed by atoms with E-state index in [1.54, 1.807) is 18.2 Å². The number of likely N-dealkylation sites (N-methyl/N-ethyl adjacent to an activating group) is 1. The van der Waals surface area contributed by atoms with Crippen molar-refractivity contribution in [2.75, 3.05) is 51.4 Å². The van der Waals surface area contributed by atoms with E-state index in [4.69, 9.17) is 14.2 Å². The highest BCUT2D eigenvalue weighted by molar-refractivity contribution is 5.95. The van der Waals surface area contributed by atoms with Gasteiger partial charge < -0.3 is 29.7 Å². The van der Waals surface area contributed by atoms with Crippen molar-refractivity contribution in [3.8, 4) is 11.5 Å². The fourth-order valence-corrected chi connectivity index (χ4v) is 2.78. The van der Waals surface area contributed by atoms with Gasteiger partial charge in [-0.2, -0.15) is 0 Å². The van der Waals surface area contributed by atoms with Gasteiger partial charge in [0.2, 0.25) is 11.8 Å². The SMILES string of the molecule is CCN(CC(=O)Nc1ccc2c(c1)OCCO2)C(=O)C1COCCN1.Cl. The molecule has 1 atom stereocenters. The second kappa shape index (κ2) is 9.61. The highest BCUT2D eigenvalue weighted by atomic mass is 35.5. The molecule has 0 aliphatic carbocycles. The zero-order chi connectivity index (χ0) is 17.6. The van der Waals surface area contributed by atoms with Crippen LogP contribution in [-0.2, 0) is 14.3 Å². The number of fused-ring (bicyclic) bond motifs is 1. The highest BCUT2D eigenvalue weighted by Gasteiger charge is 2.26. The molecule has 2 aliphatic heterocycles. The average molecular weight is 386 g/mol. The molecule has 2 N–H and O–H groups in total. The van der Waals surface area contributed by atoms with Gasteiger partial charge in [-0.1, -0.05) is 0 Å². The van der Waals surface area contributed by atoms with Crippen molar-refractivity contribution in [1.29, 1.82) is 0 Å². The summed E-state index contributed by atoms with van der Waals surface area (Å²) in [6.07, 6.45) is 0. The summed E-state index contributed by atoms with van der Waals surface area (Å²) in [6.45, 7) is 4.85. The number of rotatable bonds is 5. The number of ether oxygens (including phenoxy) is 3. The second-order valence-corrected chi connectivity index (χ2v) is 5.84. The van der Waals surface area contributed by atoms with E-state index >= 15 is 0 Å². The number of carbonyl (C=O) groups is 2. The van der Waals surface area contributed by atoms with Crippen molar-refractivity contribution in [3.05, 3.63) is 18.2 Å². The first kappa shape index (κ1) is 20.3. The minimum absolute atomic E-state index is 0. The largest absolute Gasteiger partial charge is 0.486 e. The molecule has 0 aromatic heterocycles. The Labute approximate surface area is 158 Å². The van der Waals surface area contributed by atoms with Crippen molar-refractivity contribution < 1.29 is 23.8 Å². The Kier molecular flexibility index (Phi) is 7.50. The molecule has 3 rings (SSSR count). The smallest absolute Gasteiger partial charge is 0.243 e. The van der Waals surface area contributed by atoms with Crippen LogP contribution in [0.3, 0.4) is 0 Å². The lowest BCUT2D eigenvalue weighted by Crippen LogP contribution is -2.53. The number of hydrogen-bond donors (Lipinski definition) is 2. The van der Waals surface area contributed by atoms with Crippen LogP contribution in [0, 0.1) is 0 Å². The number of anilines is 1. The van der Waals surface area contributed by atoms with Gasteiger partial charge in [0.15, 0.2) is 11.5 Å². The Morgan fingerprint density at radius 2 is 2.00 bits per heavy atom. The average Bonchev–Trinajstić information content (AvgIpc) is 2.66. The standard InChI is InChI=1S/C17H23N3O5.ClH/c1-2-20(17(22)13-11-23-6-5-18-13)10-16(21)19-12-3-4-14-15(9-12)25-8-7-24-14;/h3-4,9,13,18H,2,5-8,10-11H2,1H3,(H,19,21);1H. The molecule has 0 saturated carbocycles. The summed E-state index contributed by atoms with van der Waals surface area (Å²) in [5.41, 5.74) is 0.608. The molecule has 8 nitrogen and oxygen atoms in total. The van der Waals surface area contributed by atoms with E-state index in [-0.39, 0.29) is 30.8 Å². The van der Waals surface area contributed by atoms with E-state index in [0.29, 0.717) is 56.7 Å². The summed E-state index contributed by atoms with van der Waals surface area (Å²) in [5.74, 6) is 0.886. The number of morpholine rings is 1. The number of nitrogens with one attached hydrogen (secondary N) is 2. The van der Waals surface area contributed by atoms with Gasteiger partial charge in [0.25, 0.3) is 0 Å². The molecular formula is C17H24ClN3O5. The van der Waals surface area contributed by atoms with Crippen molar-refractivity contribution in [1.82, 2.24) is 10.2 Å². The van der Waals surface area contributed by atoms with E-state index in [1.807, 2.05) is 6.92 Å². The summed E-state index contributed by atoms with van der Waals surface area (Å²) in [7, 11) is 0. The molecule has 1 aromatic carbocycles. The number of carbonyl (C=O) groups excluding carboxylic acids is 2. The van der Waals surface area contributed by atoms with Crippen molar-refractivity contribution >= 4 is 29.9 Å². The maximum Gasteiger partial charge on any atom is 0.243 e. The Balaban J connectivity index is 0.00000243. The lowest BCUT2D eigenvalue weighted by Gasteiger charge is -2.29. The lowest BCUT2D eigenvalue weighted by molar-refractivity contribution is -0.138. The second-order valence-electron chi connectivity index (χ2n) is 5.84. The van der Waals surface area contributed by atoms with E-state index in [2.05, 4.69) is 10.6 Å². The lowest BCUT2D eigenvalue weighted by atomic mass is 10.2. The van der Waals surface area contributed by atoms with Gasteiger partial charge in [-0.05, 0) is 19.1 Å². The molecular weight excluding hydrogens is 362 g/mol. The minimum Gasteiger partial charge on any atom is -0.486 e. The van der Waals surface area contributed by atoms with Crippen molar-refractivity contribution in [2.24, 2.45) is 0 Å². The molecule has 144 valence electrons. The van der Waals surface area contributed by atoms with Gasteiger partial charge >= 0.3 is 0 Å². The first-order valence-electron chi connectivity index (χ1n) is 8.47. The molecule has 0 spiro atoms. The molecule has 1 unspecified atom stereocenters. The first-order chi connectivity index (χ1) is 12.2. The maximum absolute atomic E-state index is 12.5. The molecule has 26 heavy (non-hydrogen) atoms. The topological polar surface area (TPSA) is 89.1 Å². The number of nitrogens with zero attached hydrogens (tertiary/aromatic N) is 1. The van der Waals surface area contributed by atoms with Crippen LogP contribution >= 0.6 is 12.4 Å². The van der Waals surface area contributed by atoms with Gasteiger partial charge in [-0.25, -0.2) is 0 Å². The van der Waals surface area contributed by atoms with E-state index < -0.39 is 6.04 Å². The monoisotopic (exact) mass is 385 g/mol. The fraction of sp³-hybridized carbons (Fsp3) is 0.529. The molecule has 9 heteroatoms. The normalized spacial score (nSPS) is 18.4. The van der Waals surface area contributed by atoms with Gasteiger partial charge in [0, 0.05) is 24.8 Å². The maximum atomic E-state index is 12.5.